The van der Waals surface area contributed by atoms with Crippen molar-refractivity contribution in [3.8, 4) is 5.75 Å². The van der Waals surface area contributed by atoms with Crippen LogP contribution in [0.3, 0.4) is 0 Å². The van der Waals surface area contributed by atoms with Crippen LogP contribution >= 0.6 is 11.6 Å². The summed E-state index contributed by atoms with van der Waals surface area (Å²) in [6.45, 7) is 4.99. The van der Waals surface area contributed by atoms with E-state index in [1.165, 1.54) is 16.7 Å². The third kappa shape index (κ3) is 3.42. The normalized spacial score (nSPS) is 10.3. The molecule has 0 heterocycles. The van der Waals surface area contributed by atoms with Gasteiger partial charge in [0.1, 0.15) is 5.75 Å². The van der Waals surface area contributed by atoms with Gasteiger partial charge in [0, 0.05) is 11.6 Å². The zero-order chi connectivity index (χ0) is 13.8. The molecule has 2 aromatic carbocycles. The fourth-order valence-electron chi connectivity index (χ4n) is 1.93. The molecule has 0 aliphatic carbocycles. The zero-order valence-corrected chi connectivity index (χ0v) is 12.2. The van der Waals surface area contributed by atoms with Gasteiger partial charge in [-0.15, -0.1) is 0 Å². The Morgan fingerprint density at radius 2 is 1.84 bits per heavy atom. The van der Waals surface area contributed by atoms with Gasteiger partial charge in [-0.3, -0.25) is 0 Å². The number of aryl methyl sites for hydroxylation is 2. The van der Waals surface area contributed by atoms with Gasteiger partial charge in [0.25, 0.3) is 0 Å². The lowest BCUT2D eigenvalue weighted by molar-refractivity contribution is 0.416. The van der Waals surface area contributed by atoms with E-state index in [-0.39, 0.29) is 0 Å². The molecule has 0 amide bonds. The molecule has 0 saturated carbocycles. The lowest BCUT2D eigenvalue weighted by Crippen LogP contribution is -2.02. The van der Waals surface area contributed by atoms with E-state index in [2.05, 4.69) is 37.4 Å². The molecule has 0 aromatic heterocycles. The number of nitrogens with one attached hydrogen (secondary N) is 1. The monoisotopic (exact) mass is 275 g/mol. The first-order valence-electron chi connectivity index (χ1n) is 6.23. The van der Waals surface area contributed by atoms with Crippen molar-refractivity contribution in [2.24, 2.45) is 0 Å². The van der Waals surface area contributed by atoms with Crippen molar-refractivity contribution in [2.75, 3.05) is 12.4 Å². The van der Waals surface area contributed by atoms with Crippen LogP contribution < -0.4 is 10.1 Å². The van der Waals surface area contributed by atoms with E-state index in [1.54, 1.807) is 7.11 Å². The van der Waals surface area contributed by atoms with Crippen molar-refractivity contribution >= 4 is 17.3 Å². The number of rotatable bonds is 4. The molecule has 0 bridgehead atoms. The van der Waals surface area contributed by atoms with Crippen LogP contribution in [-0.2, 0) is 6.54 Å². The maximum absolute atomic E-state index is 6.01. The Kier molecular flexibility index (Phi) is 4.33. The Balaban J connectivity index is 2.13. The molecule has 0 unspecified atom stereocenters. The number of halogens is 1. The van der Waals surface area contributed by atoms with E-state index in [0.717, 1.165) is 18.0 Å². The Hall–Kier alpha value is -1.67. The molecular formula is C16H18ClNO. The van der Waals surface area contributed by atoms with Crippen LogP contribution in [0.15, 0.2) is 36.4 Å². The number of methoxy groups -OCH3 is 1. The fraction of sp³-hybridized carbons (Fsp3) is 0.250. The van der Waals surface area contributed by atoms with Crippen LogP contribution in [0.5, 0.6) is 5.75 Å². The minimum atomic E-state index is 0.698. The highest BCUT2D eigenvalue weighted by Crippen LogP contribution is 2.28. The number of benzene rings is 2. The molecule has 2 nitrogen and oxygen atoms in total. The maximum atomic E-state index is 6.01. The van der Waals surface area contributed by atoms with Gasteiger partial charge in [0.05, 0.1) is 12.8 Å². The van der Waals surface area contributed by atoms with Crippen molar-refractivity contribution in [3.63, 3.8) is 0 Å². The molecule has 1 N–H and O–H groups in total. The molecule has 0 atom stereocenters. The van der Waals surface area contributed by atoms with Crippen molar-refractivity contribution in [1.29, 1.82) is 0 Å². The Bertz CT molecular complexity index is 581. The third-order valence-electron chi connectivity index (χ3n) is 3.22. The first-order chi connectivity index (χ1) is 9.10. The number of anilines is 1. The second kappa shape index (κ2) is 5.98. The smallest absolute Gasteiger partial charge is 0.142 e. The topological polar surface area (TPSA) is 21.3 Å². The lowest BCUT2D eigenvalue weighted by atomic mass is 10.1. The molecule has 0 saturated heterocycles. The predicted molar refractivity (Wildman–Crippen MR) is 81.2 cm³/mol. The van der Waals surface area contributed by atoms with Crippen LogP contribution in [0, 0.1) is 13.8 Å². The molecule has 0 fully saturated rings. The zero-order valence-electron chi connectivity index (χ0n) is 11.5. The first kappa shape index (κ1) is 13.8. The molecular weight excluding hydrogens is 258 g/mol. The summed E-state index contributed by atoms with van der Waals surface area (Å²) in [5.74, 6) is 0.799. The van der Waals surface area contributed by atoms with Crippen molar-refractivity contribution < 1.29 is 4.74 Å². The first-order valence-corrected chi connectivity index (χ1v) is 6.61. The minimum absolute atomic E-state index is 0.698. The molecule has 0 radical (unpaired) electrons. The average molecular weight is 276 g/mol. The van der Waals surface area contributed by atoms with Crippen molar-refractivity contribution in [3.05, 3.63) is 58.1 Å². The summed E-state index contributed by atoms with van der Waals surface area (Å²) in [4.78, 5) is 0. The largest absolute Gasteiger partial charge is 0.495 e. The van der Waals surface area contributed by atoms with Crippen LogP contribution in [0.1, 0.15) is 16.7 Å². The average Bonchev–Trinajstić information content (AvgIpc) is 2.40. The van der Waals surface area contributed by atoms with E-state index in [4.69, 9.17) is 16.3 Å². The molecule has 19 heavy (non-hydrogen) atoms. The van der Waals surface area contributed by atoms with E-state index < -0.39 is 0 Å². The number of ether oxygens (including phenoxy) is 1. The SMILES string of the molecule is COc1ccc(Cl)cc1NCc1ccc(C)c(C)c1. The van der Waals surface area contributed by atoms with E-state index >= 15 is 0 Å². The summed E-state index contributed by atoms with van der Waals surface area (Å²) in [7, 11) is 1.66. The van der Waals surface area contributed by atoms with Gasteiger partial charge in [-0.1, -0.05) is 29.8 Å². The molecule has 0 aliphatic heterocycles. The molecule has 0 aliphatic rings. The maximum Gasteiger partial charge on any atom is 0.142 e. The van der Waals surface area contributed by atoms with Gasteiger partial charge >= 0.3 is 0 Å². The van der Waals surface area contributed by atoms with Gasteiger partial charge in [-0.2, -0.15) is 0 Å². The Morgan fingerprint density at radius 1 is 1.05 bits per heavy atom. The van der Waals surface area contributed by atoms with Crippen LogP contribution in [0.25, 0.3) is 0 Å². The predicted octanol–water partition coefficient (Wildman–Crippen LogP) is 4.58. The van der Waals surface area contributed by atoms with Crippen molar-refractivity contribution in [1.82, 2.24) is 0 Å². The van der Waals surface area contributed by atoms with E-state index in [1.807, 2.05) is 18.2 Å². The summed E-state index contributed by atoms with van der Waals surface area (Å²) in [6.07, 6.45) is 0. The molecule has 0 spiro atoms. The Morgan fingerprint density at radius 3 is 2.53 bits per heavy atom. The lowest BCUT2D eigenvalue weighted by Gasteiger charge is -2.12. The van der Waals surface area contributed by atoms with E-state index in [9.17, 15) is 0 Å². The highest BCUT2D eigenvalue weighted by molar-refractivity contribution is 6.30. The molecule has 3 heteroatoms. The number of hydrogen-bond donors (Lipinski definition) is 1. The van der Waals surface area contributed by atoms with Crippen LogP contribution in [0.4, 0.5) is 5.69 Å². The summed E-state index contributed by atoms with van der Waals surface area (Å²) in [5, 5.41) is 4.06. The number of hydrogen-bond acceptors (Lipinski definition) is 2. The van der Waals surface area contributed by atoms with E-state index in [0.29, 0.717) is 5.02 Å². The molecule has 100 valence electrons. The Labute approximate surface area is 119 Å². The van der Waals surface area contributed by atoms with Gasteiger partial charge in [-0.25, -0.2) is 0 Å². The summed E-state index contributed by atoms with van der Waals surface area (Å²) in [5.41, 5.74) is 4.76. The molecule has 2 rings (SSSR count). The summed E-state index contributed by atoms with van der Waals surface area (Å²) in [6, 6.07) is 12.0. The van der Waals surface area contributed by atoms with Crippen LogP contribution in [0.2, 0.25) is 5.02 Å². The second-order valence-electron chi connectivity index (χ2n) is 4.62. The van der Waals surface area contributed by atoms with Crippen molar-refractivity contribution in [2.45, 2.75) is 20.4 Å². The molecule has 2 aromatic rings. The highest BCUT2D eigenvalue weighted by Gasteiger charge is 2.04. The third-order valence-corrected chi connectivity index (χ3v) is 3.45. The standard InChI is InChI=1S/C16H18ClNO/c1-11-4-5-13(8-12(11)2)10-18-15-9-14(17)6-7-16(15)19-3/h4-9,18H,10H2,1-3H3. The van der Waals surface area contributed by atoms with Gasteiger partial charge in [-0.05, 0) is 48.7 Å². The van der Waals surface area contributed by atoms with Gasteiger partial charge < -0.3 is 10.1 Å². The highest BCUT2D eigenvalue weighted by atomic mass is 35.5. The fourth-order valence-corrected chi connectivity index (χ4v) is 2.10. The van der Waals surface area contributed by atoms with Crippen LogP contribution in [-0.4, -0.2) is 7.11 Å². The summed E-state index contributed by atoms with van der Waals surface area (Å²) < 4.78 is 5.31. The van der Waals surface area contributed by atoms with Gasteiger partial charge in [0.15, 0.2) is 0 Å². The van der Waals surface area contributed by atoms with Gasteiger partial charge in [0.2, 0.25) is 0 Å². The minimum Gasteiger partial charge on any atom is -0.495 e. The second-order valence-corrected chi connectivity index (χ2v) is 5.05. The summed E-state index contributed by atoms with van der Waals surface area (Å²) >= 11 is 6.01. The quantitative estimate of drug-likeness (QED) is 0.882.